The fourth-order valence-corrected chi connectivity index (χ4v) is 22.1. The zero-order valence-corrected chi connectivity index (χ0v) is 65.6. The molecule has 14 atom stereocenters. The zero-order chi connectivity index (χ0) is 73.5. The Labute approximate surface area is 609 Å². The summed E-state index contributed by atoms with van der Waals surface area (Å²) in [5, 5.41) is 27.0. The molecular weight excluding hydrogens is 1420 g/mol. The van der Waals surface area contributed by atoms with Crippen molar-refractivity contribution in [2.75, 3.05) is 33.4 Å². The first-order valence-electron chi connectivity index (χ1n) is 33.6. The fourth-order valence-electron chi connectivity index (χ4n) is 14.0. The Kier molecular flexibility index (Phi) is 23.8. The quantitative estimate of drug-likeness (QED) is 0.0173. The Bertz CT molecular complexity index is 4030. The highest BCUT2D eigenvalue weighted by Crippen LogP contribution is 2.59. The van der Waals surface area contributed by atoms with Gasteiger partial charge in [0.05, 0.1) is 65.6 Å². The molecule has 3 saturated heterocycles. The van der Waals surface area contributed by atoms with E-state index in [1.807, 2.05) is 45.8 Å². The molecule has 12 rings (SSSR count). The number of amides is 3. The maximum absolute atomic E-state index is 14.2. The Morgan fingerprint density at radius 1 is 0.653 bits per heavy atom. The highest BCUT2D eigenvalue weighted by Gasteiger charge is 2.64. The Hall–Kier alpha value is -6.74. The molecule has 3 fully saturated rings. The van der Waals surface area contributed by atoms with Crippen LogP contribution in [0.3, 0.4) is 0 Å². The van der Waals surface area contributed by atoms with Gasteiger partial charge in [-0.15, -0.1) is 22.7 Å². The van der Waals surface area contributed by atoms with Crippen molar-refractivity contribution in [2.45, 2.75) is 152 Å². The smallest absolute Gasteiger partial charge is 0.477 e. The number of thiazole rings is 2. The summed E-state index contributed by atoms with van der Waals surface area (Å²) < 4.78 is 56.5. The molecule has 0 unspecified atom stereocenters. The standard InChI is InChI=1S/C28H34NO8PSi.C25H35N3O4S2Si.C18H21N3O4S2/c1-7-18-33-28(31)25-26(19(2)24-23(27(30)29(24)25)20(3)37-39(4,5)6)36-38(32,34-21-14-10-8-11-15-21)35-22-16-12-9-13-17-22;1-9-10-31-24(30)21-22(34-25-26-18(13-33-25)17-11-14(2)27(5)12-17)15(3)20-19(23(29)28(20)21)16(4)32-35(6,7)8;1-7-4-10(5-19-7)11-6-26-18(20-11)27-15-8(2)13-12(9(3)22)16(23)21(13)14(15)17(24)25/h7-17,19-20,23-24H,1,18H2,2-6H3;9,11,13-16,19-20H,1,10,12H2,2-8H3;4,6-9,12-13,19,22H,5H2,1-3H3,(H,24,25)/t19-,20-,23-,24-;14-,15-,16-,19-,20-;7-,8-,9-,12-,13-/m111/s1. The number of fused-ring (bicyclic) bond motifs is 3. The lowest BCUT2D eigenvalue weighted by molar-refractivity contribution is -0.163. The molecule has 23 nitrogen and oxygen atoms in total. The minimum atomic E-state index is -4.42. The summed E-state index contributed by atoms with van der Waals surface area (Å²) in [6.45, 7) is 36.9. The number of carboxylic acids is 1. The number of nitrogens with one attached hydrogen (secondary N) is 1. The molecule has 542 valence electrons. The largest absolute Gasteiger partial charge is 0.646 e. The normalized spacial score (nSPS) is 26.2. The molecule has 0 saturated carbocycles. The van der Waals surface area contributed by atoms with Gasteiger partial charge in [-0.05, 0) is 116 Å². The average molecular weight is 1510 g/mol. The van der Waals surface area contributed by atoms with Crippen molar-refractivity contribution in [1.29, 1.82) is 0 Å². The van der Waals surface area contributed by atoms with Gasteiger partial charge in [0.2, 0.25) is 17.7 Å². The number of benzene rings is 2. The Morgan fingerprint density at radius 3 is 1.52 bits per heavy atom. The second-order valence-corrected chi connectivity index (χ2v) is 42.8. The average Bonchev–Trinajstić information content (AvgIpc) is 1.58. The summed E-state index contributed by atoms with van der Waals surface area (Å²) in [5.41, 5.74) is 4.51. The van der Waals surface area contributed by atoms with Crippen LogP contribution in [0.1, 0.15) is 66.8 Å². The van der Waals surface area contributed by atoms with E-state index >= 15 is 0 Å². The summed E-state index contributed by atoms with van der Waals surface area (Å²) in [5.74, 6) is -4.62. The predicted molar refractivity (Wildman–Crippen MR) is 395 cm³/mol. The number of phosphoric ester groups is 1. The molecule has 0 bridgehead atoms. The summed E-state index contributed by atoms with van der Waals surface area (Å²) in [7, 11) is -6.11. The summed E-state index contributed by atoms with van der Waals surface area (Å²) in [6.07, 6.45) is 5.96. The number of aliphatic carboxylic acids is 1. The van der Waals surface area contributed by atoms with Gasteiger partial charge in [-0.2, -0.15) is 4.57 Å². The number of carboxylic acid groups (broad SMARTS) is 1. The van der Waals surface area contributed by atoms with Gasteiger partial charge in [-0.25, -0.2) is 24.4 Å². The number of aliphatic hydroxyl groups is 1. The van der Waals surface area contributed by atoms with Gasteiger partial charge >= 0.3 is 25.7 Å². The van der Waals surface area contributed by atoms with Crippen molar-refractivity contribution < 1.29 is 75.4 Å². The Morgan fingerprint density at radius 2 is 1.09 bits per heavy atom. The highest BCUT2D eigenvalue weighted by atomic mass is 32.2. The second kappa shape index (κ2) is 31.3. The molecule has 2 aromatic heterocycles. The van der Waals surface area contributed by atoms with Crippen LogP contribution in [0, 0.1) is 35.5 Å². The van der Waals surface area contributed by atoms with E-state index in [0.717, 1.165) is 43.6 Å². The maximum atomic E-state index is 14.2. The molecule has 30 heteroatoms. The molecule has 2 aromatic carbocycles. The van der Waals surface area contributed by atoms with E-state index in [2.05, 4.69) is 93.4 Å². The van der Waals surface area contributed by atoms with Crippen molar-refractivity contribution in [2.24, 2.45) is 35.5 Å². The number of aromatic nitrogens is 2. The van der Waals surface area contributed by atoms with Gasteiger partial charge in [0.1, 0.15) is 41.9 Å². The van der Waals surface area contributed by atoms with Gasteiger partial charge in [0, 0.05) is 63.5 Å². The number of phosphoric acid groups is 1. The number of hydrogen-bond donors (Lipinski definition) is 3. The number of para-hydroxylation sites is 2. The van der Waals surface area contributed by atoms with Crippen LogP contribution in [0.25, 0.3) is 11.1 Å². The predicted octanol–water partition coefficient (Wildman–Crippen LogP) is 12.3. The molecule has 0 radical (unpaired) electrons. The minimum Gasteiger partial charge on any atom is -0.477 e. The maximum Gasteiger partial charge on any atom is 0.646 e. The van der Waals surface area contributed by atoms with E-state index in [1.54, 1.807) is 90.7 Å². The first-order chi connectivity index (χ1) is 47.7. The number of nitrogens with zero attached hydrogens (tertiary/aromatic N) is 6. The van der Waals surface area contributed by atoms with Gasteiger partial charge in [-0.3, -0.25) is 24.2 Å². The Balaban J connectivity index is 0.000000166. The SMILES string of the molecule is C=CCOC(=O)C1=C(OP(=O)(Oc2ccccc2)Oc2ccccc2)[C@H](C)[C@@H]2[C@@H]([C@@H](C)O[Si](C)(C)C)C(=O)N12.C=CCOC(=O)C1=C(Sc2nc(C3=C[C@@H](C)N(C)C3)cs2)[C@H](C)[C@@H]2[C@@H]([C@@H](C)O[Si](C)(C)C)C(=O)N12.C[C@@H]1C=C(c2csc(SC3=C(C(=O)O)N4C(=O)[C@H]([C@@H](C)O)[C@H]4[C@H]3C)n2)CN1. The van der Waals surface area contributed by atoms with Crippen molar-refractivity contribution in [3.05, 3.63) is 153 Å². The van der Waals surface area contributed by atoms with E-state index in [-0.39, 0.29) is 102 Å². The van der Waals surface area contributed by atoms with Crippen molar-refractivity contribution in [1.82, 2.24) is 34.9 Å². The molecule has 8 aliphatic rings. The monoisotopic (exact) mass is 1510 g/mol. The number of carbonyl (C=O) groups excluding carboxylic acids is 5. The zero-order valence-electron chi connectivity index (χ0n) is 59.4. The van der Waals surface area contributed by atoms with Crippen LogP contribution < -0.4 is 14.4 Å². The van der Waals surface area contributed by atoms with Crippen LogP contribution >= 0.6 is 54.0 Å². The molecule has 4 aromatic rings. The van der Waals surface area contributed by atoms with Crippen molar-refractivity contribution in [3.63, 3.8) is 0 Å². The van der Waals surface area contributed by atoms with E-state index < -0.39 is 72.3 Å². The number of ether oxygens (including phenoxy) is 2. The van der Waals surface area contributed by atoms with Crippen LogP contribution in [0.5, 0.6) is 11.5 Å². The number of aliphatic hydroxyl groups excluding tert-OH is 1. The topological polar surface area (TPSA) is 275 Å². The van der Waals surface area contributed by atoms with Crippen LogP contribution in [-0.4, -0.2) is 174 Å². The lowest BCUT2D eigenvalue weighted by Crippen LogP contribution is -2.64. The first kappa shape index (κ1) is 76.9. The highest BCUT2D eigenvalue weighted by molar-refractivity contribution is 8.05. The molecule has 101 heavy (non-hydrogen) atoms. The summed E-state index contributed by atoms with van der Waals surface area (Å²) in [4.78, 5) is 94.8. The van der Waals surface area contributed by atoms with Crippen molar-refractivity contribution >= 4 is 117 Å². The number of hydrogen-bond acceptors (Lipinski definition) is 23. The van der Waals surface area contributed by atoms with Crippen LogP contribution in [0.2, 0.25) is 39.3 Å². The molecule has 3 amide bonds. The summed E-state index contributed by atoms with van der Waals surface area (Å²) in [6, 6.07) is 16.7. The number of carbonyl (C=O) groups is 6. The molecule has 0 aliphatic carbocycles. The number of thioether (sulfide) groups is 2. The third-order valence-corrected chi connectivity index (χ3v) is 26.3. The number of rotatable bonds is 26. The van der Waals surface area contributed by atoms with Gasteiger partial charge in [0.25, 0.3) is 0 Å². The molecule has 3 N–H and O–H groups in total. The van der Waals surface area contributed by atoms with Gasteiger partial charge in [-0.1, -0.05) is 118 Å². The third kappa shape index (κ3) is 16.5. The van der Waals surface area contributed by atoms with E-state index in [9.17, 15) is 43.5 Å². The molecule has 0 spiro atoms. The van der Waals surface area contributed by atoms with Crippen molar-refractivity contribution in [3.8, 4) is 11.5 Å². The summed E-state index contributed by atoms with van der Waals surface area (Å²) >= 11 is 5.84. The van der Waals surface area contributed by atoms with Gasteiger partial charge < -0.3 is 57.2 Å². The van der Waals surface area contributed by atoms with E-state index in [4.69, 9.17) is 36.9 Å². The van der Waals surface area contributed by atoms with E-state index in [1.165, 1.54) is 62.4 Å². The van der Waals surface area contributed by atoms with E-state index in [0.29, 0.717) is 22.7 Å². The first-order valence-corrected chi connectivity index (χ1v) is 45.3. The third-order valence-electron chi connectivity index (χ3n) is 18.4. The molecular formula is C71H90N7O16PS4Si2. The minimum absolute atomic E-state index is 0.000288. The number of likely N-dealkylation sites (N-methyl/N-ethyl adjacent to an activating group) is 1. The lowest BCUT2D eigenvalue weighted by atomic mass is 9.79. The number of esters is 2. The lowest BCUT2D eigenvalue weighted by Gasteiger charge is -2.48. The number of β-lactam (4-membered cyclic amide) rings is 3. The fraction of sp³-hybridized carbons (Fsp3) is 0.465. The van der Waals surface area contributed by atoms with Crippen LogP contribution in [-0.2, 0) is 56.2 Å². The van der Waals surface area contributed by atoms with Crippen LogP contribution in [0.4, 0.5) is 0 Å². The van der Waals surface area contributed by atoms with Gasteiger partial charge in [0.15, 0.2) is 31.0 Å². The molecule has 10 heterocycles. The van der Waals surface area contributed by atoms with Crippen LogP contribution in [0.15, 0.2) is 150 Å². The second-order valence-electron chi connectivity index (χ2n) is 28.1. The molecule has 8 aliphatic heterocycles.